The number of nitrogens with one attached hydrogen (secondary N) is 1. The third-order valence-electron chi connectivity index (χ3n) is 4.77. The molecule has 2 aromatic carbocycles. The molecule has 0 fully saturated rings. The van der Waals surface area contributed by atoms with Crippen molar-refractivity contribution in [1.82, 2.24) is 9.97 Å². The highest BCUT2D eigenvalue weighted by Crippen LogP contribution is 2.33. The fraction of sp³-hybridized carbons (Fsp3) is 0.238. The van der Waals surface area contributed by atoms with Crippen molar-refractivity contribution in [2.45, 2.75) is 31.7 Å². The standard InChI is InChI=1S/C21H19F3N4O/c22-21(23,24)29-15-8-3-7-14(11-15)18-12-19(28-20(25)27-18)17-10-4-6-13-5-1-2-9-16(13)26-17/h1-3,5,7-9,11-12,17,26H,4,6,10H2,(H2,25,27,28). The lowest BCUT2D eigenvalue weighted by molar-refractivity contribution is -0.274. The molecular formula is C21H19F3N4O. The van der Waals surface area contributed by atoms with Gasteiger partial charge in [0.15, 0.2) is 0 Å². The minimum atomic E-state index is -4.76. The van der Waals surface area contributed by atoms with E-state index in [0.717, 1.165) is 24.9 Å². The van der Waals surface area contributed by atoms with Crippen molar-refractivity contribution in [1.29, 1.82) is 0 Å². The summed E-state index contributed by atoms with van der Waals surface area (Å²) in [5, 5.41) is 3.50. The minimum Gasteiger partial charge on any atom is -0.406 e. The average Bonchev–Trinajstić information content (AvgIpc) is 2.89. The van der Waals surface area contributed by atoms with Crippen LogP contribution in [0.15, 0.2) is 54.6 Å². The maximum atomic E-state index is 12.5. The van der Waals surface area contributed by atoms with Gasteiger partial charge in [-0.1, -0.05) is 30.3 Å². The number of aromatic nitrogens is 2. The zero-order chi connectivity index (χ0) is 20.4. The SMILES string of the molecule is Nc1nc(-c2cccc(OC(F)(F)F)c2)cc(C2CCCc3ccccc3N2)n1. The van der Waals surface area contributed by atoms with Gasteiger partial charge < -0.3 is 15.8 Å². The number of nitrogens with two attached hydrogens (primary N) is 1. The highest BCUT2D eigenvalue weighted by Gasteiger charge is 2.31. The molecule has 1 aliphatic rings. The van der Waals surface area contributed by atoms with Gasteiger partial charge in [-0.05, 0) is 49.1 Å². The summed E-state index contributed by atoms with van der Waals surface area (Å²) in [5.41, 5.74) is 9.82. The van der Waals surface area contributed by atoms with Crippen molar-refractivity contribution in [3.05, 3.63) is 65.9 Å². The zero-order valence-corrected chi connectivity index (χ0v) is 15.4. The number of rotatable bonds is 3. The predicted octanol–water partition coefficient (Wildman–Crippen LogP) is 5.11. The lowest BCUT2D eigenvalue weighted by atomic mass is 10.0. The molecule has 3 aromatic rings. The van der Waals surface area contributed by atoms with Crippen LogP contribution in [0.5, 0.6) is 5.75 Å². The van der Waals surface area contributed by atoms with Gasteiger partial charge in [-0.15, -0.1) is 13.2 Å². The average molecular weight is 400 g/mol. The molecule has 0 spiro atoms. The molecule has 1 unspecified atom stereocenters. The van der Waals surface area contributed by atoms with Crippen LogP contribution in [0.3, 0.4) is 0 Å². The number of benzene rings is 2. The van der Waals surface area contributed by atoms with E-state index < -0.39 is 6.36 Å². The Bertz CT molecular complexity index is 1020. The second-order valence-corrected chi connectivity index (χ2v) is 6.86. The number of alkyl halides is 3. The number of nitrogens with zero attached hydrogens (tertiary/aromatic N) is 2. The van der Waals surface area contributed by atoms with Crippen molar-refractivity contribution < 1.29 is 17.9 Å². The molecule has 1 atom stereocenters. The smallest absolute Gasteiger partial charge is 0.406 e. The maximum Gasteiger partial charge on any atom is 0.573 e. The van der Waals surface area contributed by atoms with Crippen molar-refractivity contribution in [2.24, 2.45) is 0 Å². The Morgan fingerprint density at radius 3 is 2.69 bits per heavy atom. The Kier molecular flexibility index (Phi) is 5.00. The maximum absolute atomic E-state index is 12.5. The van der Waals surface area contributed by atoms with Crippen LogP contribution >= 0.6 is 0 Å². The van der Waals surface area contributed by atoms with E-state index >= 15 is 0 Å². The van der Waals surface area contributed by atoms with E-state index in [4.69, 9.17) is 5.73 Å². The number of ether oxygens (including phenoxy) is 1. The first-order valence-electron chi connectivity index (χ1n) is 9.22. The van der Waals surface area contributed by atoms with Crippen LogP contribution in [0.1, 0.15) is 30.1 Å². The van der Waals surface area contributed by atoms with Crippen LogP contribution in [0, 0.1) is 0 Å². The Balaban J connectivity index is 1.66. The van der Waals surface area contributed by atoms with Crippen LogP contribution in [0.4, 0.5) is 24.8 Å². The van der Waals surface area contributed by atoms with Crippen LogP contribution in [-0.4, -0.2) is 16.3 Å². The molecule has 0 saturated carbocycles. The Hall–Kier alpha value is -3.29. The molecule has 29 heavy (non-hydrogen) atoms. The molecule has 2 heterocycles. The van der Waals surface area contributed by atoms with Crippen molar-refractivity contribution in [3.8, 4) is 17.0 Å². The number of nitrogen functional groups attached to an aromatic ring is 1. The van der Waals surface area contributed by atoms with Gasteiger partial charge >= 0.3 is 6.36 Å². The summed E-state index contributed by atoms with van der Waals surface area (Å²) in [6.07, 6.45) is -1.97. The van der Waals surface area contributed by atoms with E-state index in [0.29, 0.717) is 17.0 Å². The molecule has 5 nitrogen and oxygen atoms in total. The van der Waals surface area contributed by atoms with E-state index in [1.165, 1.54) is 23.8 Å². The number of halogens is 3. The Morgan fingerprint density at radius 1 is 1.03 bits per heavy atom. The number of anilines is 2. The first-order chi connectivity index (χ1) is 13.9. The quantitative estimate of drug-likeness (QED) is 0.639. The molecular weight excluding hydrogens is 381 g/mol. The minimum absolute atomic E-state index is 0.0685. The predicted molar refractivity (Wildman–Crippen MR) is 104 cm³/mol. The molecule has 0 radical (unpaired) electrons. The Morgan fingerprint density at radius 2 is 1.86 bits per heavy atom. The number of hydrogen-bond acceptors (Lipinski definition) is 5. The van der Waals surface area contributed by atoms with Gasteiger partial charge in [-0.3, -0.25) is 0 Å². The second-order valence-electron chi connectivity index (χ2n) is 6.86. The van der Waals surface area contributed by atoms with E-state index in [2.05, 4.69) is 26.1 Å². The van der Waals surface area contributed by atoms with Gasteiger partial charge in [0.25, 0.3) is 0 Å². The molecule has 150 valence electrons. The fourth-order valence-corrected chi connectivity index (χ4v) is 3.52. The number of para-hydroxylation sites is 1. The normalized spacial score (nSPS) is 16.4. The number of fused-ring (bicyclic) bond motifs is 1. The summed E-state index contributed by atoms with van der Waals surface area (Å²) in [6.45, 7) is 0. The highest BCUT2D eigenvalue weighted by molar-refractivity contribution is 5.63. The largest absolute Gasteiger partial charge is 0.573 e. The molecule has 0 saturated heterocycles. The van der Waals surface area contributed by atoms with E-state index in [1.807, 2.05) is 18.2 Å². The lowest BCUT2D eigenvalue weighted by Crippen LogP contribution is -2.17. The van der Waals surface area contributed by atoms with E-state index in [1.54, 1.807) is 12.1 Å². The fourth-order valence-electron chi connectivity index (χ4n) is 3.52. The molecule has 0 amide bonds. The molecule has 0 aliphatic carbocycles. The lowest BCUT2D eigenvalue weighted by Gasteiger charge is -2.19. The molecule has 1 aliphatic heterocycles. The summed E-state index contributed by atoms with van der Waals surface area (Å²) < 4.78 is 41.6. The van der Waals surface area contributed by atoms with Gasteiger partial charge in [0.05, 0.1) is 17.4 Å². The molecule has 8 heteroatoms. The monoisotopic (exact) mass is 400 g/mol. The summed E-state index contributed by atoms with van der Waals surface area (Å²) >= 11 is 0. The van der Waals surface area contributed by atoms with Gasteiger partial charge in [0, 0.05) is 11.3 Å². The molecule has 1 aromatic heterocycles. The van der Waals surface area contributed by atoms with Crippen molar-refractivity contribution in [2.75, 3.05) is 11.1 Å². The highest BCUT2D eigenvalue weighted by atomic mass is 19.4. The molecule has 3 N–H and O–H groups in total. The molecule has 4 rings (SSSR count). The number of aryl methyl sites for hydroxylation is 1. The molecule has 0 bridgehead atoms. The van der Waals surface area contributed by atoms with Crippen molar-refractivity contribution in [3.63, 3.8) is 0 Å². The van der Waals surface area contributed by atoms with Gasteiger partial charge in [-0.2, -0.15) is 0 Å². The van der Waals surface area contributed by atoms with Crippen LogP contribution < -0.4 is 15.8 Å². The van der Waals surface area contributed by atoms with Gasteiger partial charge in [-0.25, -0.2) is 9.97 Å². The summed E-state index contributed by atoms with van der Waals surface area (Å²) in [7, 11) is 0. The summed E-state index contributed by atoms with van der Waals surface area (Å²) in [5.74, 6) is -0.241. The van der Waals surface area contributed by atoms with Crippen LogP contribution in [0.25, 0.3) is 11.3 Å². The third-order valence-corrected chi connectivity index (χ3v) is 4.77. The third kappa shape index (κ3) is 4.59. The number of hydrogen-bond donors (Lipinski definition) is 2. The van der Waals surface area contributed by atoms with E-state index in [9.17, 15) is 13.2 Å². The first kappa shape index (κ1) is 19.0. The second kappa shape index (κ2) is 7.62. The van der Waals surface area contributed by atoms with Crippen molar-refractivity contribution >= 4 is 11.6 Å². The van der Waals surface area contributed by atoms with Gasteiger partial charge in [0.2, 0.25) is 5.95 Å². The van der Waals surface area contributed by atoms with E-state index in [-0.39, 0.29) is 17.7 Å². The van der Waals surface area contributed by atoms with Gasteiger partial charge in [0.1, 0.15) is 5.75 Å². The van der Waals surface area contributed by atoms with Crippen LogP contribution in [0.2, 0.25) is 0 Å². The van der Waals surface area contributed by atoms with Crippen LogP contribution in [-0.2, 0) is 6.42 Å². The Labute approximate surface area is 165 Å². The zero-order valence-electron chi connectivity index (χ0n) is 15.4. The topological polar surface area (TPSA) is 73.1 Å². The summed E-state index contributed by atoms with van der Waals surface area (Å²) in [4.78, 5) is 8.58. The summed E-state index contributed by atoms with van der Waals surface area (Å²) in [6, 6.07) is 15.5. The first-order valence-corrected chi connectivity index (χ1v) is 9.22.